The minimum atomic E-state index is -0.177. The van der Waals surface area contributed by atoms with Gasteiger partial charge in [0.2, 0.25) is 0 Å². The molecule has 0 spiro atoms. The second-order valence-corrected chi connectivity index (χ2v) is 6.74. The van der Waals surface area contributed by atoms with Gasteiger partial charge in [-0.3, -0.25) is 0 Å². The van der Waals surface area contributed by atoms with E-state index in [1.165, 1.54) is 24.4 Å². The topological polar surface area (TPSA) is 63.2 Å². The van der Waals surface area contributed by atoms with Gasteiger partial charge in [0, 0.05) is 17.6 Å². The fourth-order valence-electron chi connectivity index (χ4n) is 3.11. The Morgan fingerprint density at radius 1 is 1.22 bits per heavy atom. The highest BCUT2D eigenvalue weighted by molar-refractivity contribution is 7.04. The van der Waals surface area contributed by atoms with Crippen LogP contribution in [-0.4, -0.2) is 29.2 Å². The number of aromatic nitrogens is 1. The molecule has 1 aromatic heterocycles. The number of hydrogen-bond acceptors (Lipinski definition) is 4. The van der Waals surface area contributed by atoms with Crippen LogP contribution in [0.4, 0.5) is 10.5 Å². The molecule has 2 aliphatic rings. The first-order chi connectivity index (χ1) is 11.3. The van der Waals surface area contributed by atoms with Gasteiger partial charge in [-0.25, -0.2) is 4.79 Å². The Morgan fingerprint density at radius 2 is 2.04 bits per heavy atom. The van der Waals surface area contributed by atoms with Gasteiger partial charge in [-0.15, -0.1) is 0 Å². The van der Waals surface area contributed by atoms with Crippen molar-refractivity contribution in [2.45, 2.75) is 31.4 Å². The maximum Gasteiger partial charge on any atom is 0.319 e. The number of anilines is 1. The van der Waals surface area contributed by atoms with Gasteiger partial charge in [-0.2, -0.15) is 4.37 Å². The van der Waals surface area contributed by atoms with Crippen molar-refractivity contribution in [3.8, 4) is 11.3 Å². The van der Waals surface area contributed by atoms with Crippen LogP contribution >= 0.6 is 11.5 Å². The SMILES string of the molecule is O=C(Nc1csnc1-c1ccccc1)N[C@@H]1CCO[C@H]1C1CC1. The van der Waals surface area contributed by atoms with Crippen molar-refractivity contribution in [2.24, 2.45) is 5.92 Å². The predicted octanol–water partition coefficient (Wildman–Crippen LogP) is 3.50. The molecule has 2 fully saturated rings. The molecule has 2 aromatic rings. The normalized spacial score (nSPS) is 23.7. The summed E-state index contributed by atoms with van der Waals surface area (Å²) in [7, 11) is 0. The van der Waals surface area contributed by atoms with Gasteiger partial charge >= 0.3 is 6.03 Å². The lowest BCUT2D eigenvalue weighted by atomic mass is 10.1. The maximum atomic E-state index is 12.3. The lowest BCUT2D eigenvalue weighted by Gasteiger charge is -2.19. The molecular formula is C17H19N3O2S. The molecule has 1 saturated heterocycles. The number of amides is 2. The summed E-state index contributed by atoms with van der Waals surface area (Å²) < 4.78 is 10.2. The molecule has 2 heterocycles. The van der Waals surface area contributed by atoms with E-state index in [1.54, 1.807) is 0 Å². The summed E-state index contributed by atoms with van der Waals surface area (Å²) in [5.41, 5.74) is 2.57. The van der Waals surface area contributed by atoms with E-state index in [9.17, 15) is 4.79 Å². The van der Waals surface area contributed by atoms with E-state index < -0.39 is 0 Å². The Kier molecular flexibility index (Phi) is 4.01. The van der Waals surface area contributed by atoms with Crippen molar-refractivity contribution >= 4 is 23.3 Å². The molecule has 120 valence electrons. The van der Waals surface area contributed by atoms with E-state index >= 15 is 0 Å². The molecule has 0 unspecified atom stereocenters. The summed E-state index contributed by atoms with van der Waals surface area (Å²) in [4.78, 5) is 12.3. The Morgan fingerprint density at radius 3 is 2.83 bits per heavy atom. The summed E-state index contributed by atoms with van der Waals surface area (Å²) in [6, 6.07) is 9.83. The van der Waals surface area contributed by atoms with Crippen LogP contribution in [0.1, 0.15) is 19.3 Å². The molecule has 2 atom stereocenters. The summed E-state index contributed by atoms with van der Waals surface area (Å²) in [5.74, 6) is 0.630. The molecular weight excluding hydrogens is 310 g/mol. The molecule has 5 nitrogen and oxygen atoms in total. The molecule has 0 bridgehead atoms. The summed E-state index contributed by atoms with van der Waals surface area (Å²) >= 11 is 1.34. The van der Waals surface area contributed by atoms with Crippen molar-refractivity contribution < 1.29 is 9.53 Å². The molecule has 1 aliphatic carbocycles. The maximum absolute atomic E-state index is 12.3. The van der Waals surface area contributed by atoms with Gasteiger partial charge < -0.3 is 15.4 Å². The van der Waals surface area contributed by atoms with Gasteiger partial charge in [-0.05, 0) is 36.7 Å². The van der Waals surface area contributed by atoms with Crippen molar-refractivity contribution in [3.63, 3.8) is 0 Å². The van der Waals surface area contributed by atoms with Crippen LogP contribution in [0, 0.1) is 5.92 Å². The van der Waals surface area contributed by atoms with Gasteiger partial charge in [0.05, 0.1) is 17.8 Å². The van der Waals surface area contributed by atoms with Crippen LogP contribution in [0.3, 0.4) is 0 Å². The minimum Gasteiger partial charge on any atom is -0.376 e. The zero-order valence-electron chi connectivity index (χ0n) is 12.7. The largest absolute Gasteiger partial charge is 0.376 e. The lowest BCUT2D eigenvalue weighted by Crippen LogP contribution is -2.43. The van der Waals surface area contributed by atoms with Gasteiger partial charge in [0.1, 0.15) is 5.69 Å². The molecule has 1 saturated carbocycles. The third kappa shape index (κ3) is 3.23. The number of carbonyl (C=O) groups is 1. The molecule has 0 radical (unpaired) electrons. The average Bonchev–Trinajstić information content (AvgIpc) is 3.13. The number of ether oxygens (including phenoxy) is 1. The first-order valence-corrected chi connectivity index (χ1v) is 8.84. The molecule has 1 aromatic carbocycles. The fraction of sp³-hybridized carbons (Fsp3) is 0.412. The number of carbonyl (C=O) groups excluding carboxylic acids is 1. The van der Waals surface area contributed by atoms with Crippen molar-refractivity contribution in [3.05, 3.63) is 35.7 Å². The zero-order chi connectivity index (χ0) is 15.6. The van der Waals surface area contributed by atoms with Gasteiger partial charge in [-0.1, -0.05) is 30.3 Å². The Labute approximate surface area is 139 Å². The third-order valence-electron chi connectivity index (χ3n) is 4.40. The number of benzene rings is 1. The van der Waals surface area contributed by atoms with E-state index in [1.807, 2.05) is 35.7 Å². The summed E-state index contributed by atoms with van der Waals surface area (Å²) in [6.07, 6.45) is 3.52. The first kappa shape index (κ1) is 14.7. The first-order valence-electron chi connectivity index (χ1n) is 8.00. The van der Waals surface area contributed by atoms with E-state index in [2.05, 4.69) is 15.0 Å². The molecule has 2 amide bonds. The highest BCUT2D eigenvalue weighted by Gasteiger charge is 2.41. The fourth-order valence-corrected chi connectivity index (χ4v) is 3.75. The van der Waals surface area contributed by atoms with Crippen LogP contribution in [-0.2, 0) is 4.74 Å². The second-order valence-electron chi connectivity index (χ2n) is 6.11. The van der Waals surface area contributed by atoms with Crippen LogP contribution in [0.5, 0.6) is 0 Å². The monoisotopic (exact) mass is 329 g/mol. The highest BCUT2D eigenvalue weighted by atomic mass is 32.1. The zero-order valence-corrected chi connectivity index (χ0v) is 13.5. The van der Waals surface area contributed by atoms with Crippen molar-refractivity contribution in [1.29, 1.82) is 0 Å². The number of nitrogens with one attached hydrogen (secondary N) is 2. The summed E-state index contributed by atoms with van der Waals surface area (Å²) in [5, 5.41) is 7.87. The van der Waals surface area contributed by atoms with E-state index in [-0.39, 0.29) is 18.2 Å². The van der Waals surface area contributed by atoms with Gasteiger partial charge in [0.25, 0.3) is 0 Å². The number of rotatable bonds is 4. The van der Waals surface area contributed by atoms with Crippen LogP contribution < -0.4 is 10.6 Å². The van der Waals surface area contributed by atoms with Crippen molar-refractivity contribution in [1.82, 2.24) is 9.69 Å². The Hall–Kier alpha value is -1.92. The van der Waals surface area contributed by atoms with Crippen LogP contribution in [0.15, 0.2) is 35.7 Å². The number of urea groups is 1. The van der Waals surface area contributed by atoms with Gasteiger partial charge in [0.15, 0.2) is 0 Å². The van der Waals surface area contributed by atoms with Crippen molar-refractivity contribution in [2.75, 3.05) is 11.9 Å². The molecule has 23 heavy (non-hydrogen) atoms. The number of hydrogen-bond donors (Lipinski definition) is 2. The van der Waals surface area contributed by atoms with E-state index in [4.69, 9.17) is 4.74 Å². The quantitative estimate of drug-likeness (QED) is 0.902. The molecule has 4 rings (SSSR count). The lowest BCUT2D eigenvalue weighted by molar-refractivity contribution is 0.0829. The van der Waals surface area contributed by atoms with Crippen LogP contribution in [0.2, 0.25) is 0 Å². The third-order valence-corrected chi connectivity index (χ3v) is 5.03. The van der Waals surface area contributed by atoms with Crippen LogP contribution in [0.25, 0.3) is 11.3 Å². The predicted molar refractivity (Wildman–Crippen MR) is 90.6 cm³/mol. The molecule has 2 N–H and O–H groups in total. The average molecular weight is 329 g/mol. The molecule has 6 heteroatoms. The minimum absolute atomic E-state index is 0.120. The van der Waals surface area contributed by atoms with E-state index in [0.717, 1.165) is 30.0 Å². The summed E-state index contributed by atoms with van der Waals surface area (Å²) in [6.45, 7) is 0.737. The standard InChI is InChI=1S/C17H19N3O2S/c21-17(18-13-8-9-22-16(13)12-6-7-12)19-14-10-23-20-15(14)11-4-2-1-3-5-11/h1-5,10,12-13,16H,6-9H2,(H2,18,19,21)/t13-,16+/m1/s1. The molecule has 1 aliphatic heterocycles. The van der Waals surface area contributed by atoms with E-state index in [0.29, 0.717) is 5.92 Å². The Bertz CT molecular complexity index is 684. The second kappa shape index (κ2) is 6.29. The number of nitrogens with zero attached hydrogens (tertiary/aromatic N) is 1. The highest BCUT2D eigenvalue weighted by Crippen LogP contribution is 2.38. The Balaban J connectivity index is 1.42. The smallest absolute Gasteiger partial charge is 0.319 e.